The molecule has 0 atom stereocenters. The van der Waals surface area contributed by atoms with Crippen LogP contribution >= 0.6 is 0 Å². The Balaban J connectivity index is 2.19. The average Bonchev–Trinajstić information content (AvgIpc) is 2.39. The maximum absolute atomic E-state index is 4.28. The molecule has 2 heterocycles. The maximum atomic E-state index is 4.28. The lowest BCUT2D eigenvalue weighted by Crippen LogP contribution is -1.83. The highest BCUT2D eigenvalue weighted by Crippen LogP contribution is 2.21. The van der Waals surface area contributed by atoms with E-state index in [9.17, 15) is 0 Å². The number of fused-ring (bicyclic) bond motifs is 1. The molecule has 0 N–H and O–H groups in total. The molecular weight excluding hydrogens is 198 g/mol. The minimum atomic E-state index is 1.00. The molecule has 0 saturated carbocycles. The summed E-state index contributed by atoms with van der Waals surface area (Å²) in [5.41, 5.74) is 3.14. The molecule has 3 aromatic rings. The molecule has 0 aliphatic carbocycles. The van der Waals surface area contributed by atoms with Crippen molar-refractivity contribution in [2.45, 2.75) is 0 Å². The Kier molecular flexibility index (Phi) is 2.07. The molecule has 1 aromatic carbocycles. The van der Waals surface area contributed by atoms with Crippen LogP contribution in [-0.2, 0) is 0 Å². The van der Waals surface area contributed by atoms with Gasteiger partial charge in [0.25, 0.3) is 0 Å². The van der Waals surface area contributed by atoms with Crippen LogP contribution in [0.2, 0.25) is 0 Å². The zero-order valence-electron chi connectivity index (χ0n) is 8.54. The Morgan fingerprint density at radius 3 is 2.62 bits per heavy atom. The molecule has 3 nitrogen and oxygen atoms in total. The molecule has 0 aliphatic heterocycles. The Hall–Kier alpha value is -2.29. The summed E-state index contributed by atoms with van der Waals surface area (Å²) < 4.78 is 0. The number of aromatic nitrogens is 3. The van der Waals surface area contributed by atoms with Gasteiger partial charge in [-0.15, -0.1) is 0 Å². The maximum Gasteiger partial charge on any atom is 0.115 e. The van der Waals surface area contributed by atoms with Crippen LogP contribution in [-0.4, -0.2) is 15.0 Å². The molecule has 0 aliphatic rings. The molecular formula is C13H9N3. The minimum absolute atomic E-state index is 1.00. The van der Waals surface area contributed by atoms with Gasteiger partial charge in [0.15, 0.2) is 0 Å². The number of pyridine rings is 1. The summed E-state index contributed by atoms with van der Waals surface area (Å²) in [4.78, 5) is 12.3. The van der Waals surface area contributed by atoms with E-state index >= 15 is 0 Å². The third kappa shape index (κ3) is 1.52. The van der Waals surface area contributed by atoms with Crippen LogP contribution in [0.1, 0.15) is 0 Å². The predicted octanol–water partition coefficient (Wildman–Crippen LogP) is 2.69. The van der Waals surface area contributed by atoms with Crippen LogP contribution in [0.3, 0.4) is 0 Å². The van der Waals surface area contributed by atoms with Gasteiger partial charge < -0.3 is 0 Å². The summed E-state index contributed by atoms with van der Waals surface area (Å²) in [5, 5.41) is 1.13. The van der Waals surface area contributed by atoms with Crippen molar-refractivity contribution in [2.75, 3.05) is 0 Å². The number of hydrogen-bond donors (Lipinski definition) is 0. The van der Waals surface area contributed by atoms with Crippen LogP contribution < -0.4 is 0 Å². The Morgan fingerprint density at radius 2 is 1.75 bits per heavy atom. The first-order chi connectivity index (χ1) is 7.93. The normalized spacial score (nSPS) is 10.5. The number of benzene rings is 1. The Labute approximate surface area is 92.8 Å². The third-order valence-corrected chi connectivity index (χ3v) is 2.50. The standard InChI is InChI=1S/C13H9N3/c1-2-11-6-10(3-4-13(11)16-5-1)12-7-14-9-15-8-12/h1-9H. The van der Waals surface area contributed by atoms with Gasteiger partial charge in [0, 0.05) is 29.5 Å². The minimum Gasteiger partial charge on any atom is -0.256 e. The highest BCUT2D eigenvalue weighted by atomic mass is 14.8. The van der Waals surface area contributed by atoms with Gasteiger partial charge >= 0.3 is 0 Å². The summed E-state index contributed by atoms with van der Waals surface area (Å²) in [6.45, 7) is 0. The smallest absolute Gasteiger partial charge is 0.115 e. The lowest BCUT2D eigenvalue weighted by molar-refractivity contribution is 1.17. The highest BCUT2D eigenvalue weighted by Gasteiger charge is 1.99. The monoisotopic (exact) mass is 207 g/mol. The van der Waals surface area contributed by atoms with Crippen LogP contribution in [0.4, 0.5) is 0 Å². The van der Waals surface area contributed by atoms with Crippen LogP contribution in [0.5, 0.6) is 0 Å². The summed E-state index contributed by atoms with van der Waals surface area (Å²) in [6.07, 6.45) is 6.95. The lowest BCUT2D eigenvalue weighted by Gasteiger charge is -2.02. The predicted molar refractivity (Wildman–Crippen MR) is 62.8 cm³/mol. The van der Waals surface area contributed by atoms with E-state index in [0.29, 0.717) is 0 Å². The lowest BCUT2D eigenvalue weighted by atomic mass is 10.1. The van der Waals surface area contributed by atoms with Crippen molar-refractivity contribution in [1.29, 1.82) is 0 Å². The first kappa shape index (κ1) is 8.97. The molecule has 16 heavy (non-hydrogen) atoms. The largest absolute Gasteiger partial charge is 0.256 e. The van der Waals surface area contributed by atoms with Gasteiger partial charge in [-0.1, -0.05) is 12.1 Å². The van der Waals surface area contributed by atoms with Crippen LogP contribution in [0, 0.1) is 0 Å². The third-order valence-electron chi connectivity index (χ3n) is 2.50. The van der Waals surface area contributed by atoms with E-state index in [-0.39, 0.29) is 0 Å². The first-order valence-corrected chi connectivity index (χ1v) is 5.04. The van der Waals surface area contributed by atoms with Crippen molar-refractivity contribution < 1.29 is 0 Å². The summed E-state index contributed by atoms with van der Waals surface area (Å²) >= 11 is 0. The molecule has 0 unspecified atom stereocenters. The molecule has 2 aromatic heterocycles. The number of hydrogen-bond acceptors (Lipinski definition) is 3. The van der Waals surface area contributed by atoms with Crippen molar-refractivity contribution in [1.82, 2.24) is 15.0 Å². The van der Waals surface area contributed by atoms with Gasteiger partial charge in [-0.25, -0.2) is 9.97 Å². The van der Waals surface area contributed by atoms with Gasteiger partial charge in [-0.3, -0.25) is 4.98 Å². The number of rotatable bonds is 1. The molecule has 0 bridgehead atoms. The van der Waals surface area contributed by atoms with E-state index in [2.05, 4.69) is 27.1 Å². The van der Waals surface area contributed by atoms with Crippen LogP contribution in [0.25, 0.3) is 22.0 Å². The van der Waals surface area contributed by atoms with E-state index in [1.165, 1.54) is 6.33 Å². The van der Waals surface area contributed by atoms with Gasteiger partial charge in [0.2, 0.25) is 0 Å². The van der Waals surface area contributed by atoms with Gasteiger partial charge in [-0.05, 0) is 23.8 Å². The summed E-state index contributed by atoms with van der Waals surface area (Å²) in [7, 11) is 0. The molecule has 3 rings (SSSR count). The second-order valence-corrected chi connectivity index (χ2v) is 3.54. The van der Waals surface area contributed by atoms with E-state index < -0.39 is 0 Å². The fraction of sp³-hybridized carbons (Fsp3) is 0. The second kappa shape index (κ2) is 3.70. The molecule has 0 radical (unpaired) electrons. The highest BCUT2D eigenvalue weighted by molar-refractivity contribution is 5.83. The van der Waals surface area contributed by atoms with E-state index in [0.717, 1.165) is 22.0 Å². The van der Waals surface area contributed by atoms with Crippen molar-refractivity contribution in [3.8, 4) is 11.1 Å². The van der Waals surface area contributed by atoms with E-state index in [1.807, 2.05) is 30.6 Å². The van der Waals surface area contributed by atoms with E-state index in [1.54, 1.807) is 6.20 Å². The van der Waals surface area contributed by atoms with Crippen molar-refractivity contribution in [2.24, 2.45) is 0 Å². The average molecular weight is 207 g/mol. The topological polar surface area (TPSA) is 38.7 Å². The number of nitrogens with zero attached hydrogens (tertiary/aromatic N) is 3. The summed E-state index contributed by atoms with van der Waals surface area (Å²) in [6, 6.07) is 10.1. The fourth-order valence-electron chi connectivity index (χ4n) is 1.70. The van der Waals surface area contributed by atoms with E-state index in [4.69, 9.17) is 0 Å². The second-order valence-electron chi connectivity index (χ2n) is 3.54. The molecule has 76 valence electrons. The van der Waals surface area contributed by atoms with Gasteiger partial charge in [0.1, 0.15) is 6.33 Å². The summed E-state index contributed by atoms with van der Waals surface area (Å²) in [5.74, 6) is 0. The van der Waals surface area contributed by atoms with Crippen molar-refractivity contribution in [3.63, 3.8) is 0 Å². The molecule has 0 spiro atoms. The zero-order chi connectivity index (χ0) is 10.8. The van der Waals surface area contributed by atoms with Crippen molar-refractivity contribution in [3.05, 3.63) is 55.2 Å². The first-order valence-electron chi connectivity index (χ1n) is 5.04. The van der Waals surface area contributed by atoms with Gasteiger partial charge in [-0.2, -0.15) is 0 Å². The molecule has 0 fully saturated rings. The van der Waals surface area contributed by atoms with Crippen molar-refractivity contribution >= 4 is 10.9 Å². The quantitative estimate of drug-likeness (QED) is 0.615. The van der Waals surface area contributed by atoms with Gasteiger partial charge in [0.05, 0.1) is 5.52 Å². The fourth-order valence-corrected chi connectivity index (χ4v) is 1.70. The molecule has 3 heteroatoms. The SMILES string of the molecule is c1cnc2ccc(-c3cncnc3)cc2c1. The van der Waals surface area contributed by atoms with Crippen LogP contribution in [0.15, 0.2) is 55.2 Å². The Bertz CT molecular complexity index is 620. The molecule has 0 amide bonds. The zero-order valence-corrected chi connectivity index (χ0v) is 8.54. The molecule has 0 saturated heterocycles. The Morgan fingerprint density at radius 1 is 0.875 bits per heavy atom.